The first-order valence-corrected chi connectivity index (χ1v) is 26.4. The molecule has 3 aromatic heterocycles. The van der Waals surface area contributed by atoms with Gasteiger partial charge in [-0.05, 0) is 155 Å². The number of benzene rings is 11. The normalized spacial score (nSPS) is 13.9. The molecule has 2 aliphatic rings. The fraction of sp³-hybridized carbons (Fsp3) is 0.0556. The van der Waals surface area contributed by atoms with E-state index >= 15 is 0 Å². The highest BCUT2D eigenvalue weighted by Crippen LogP contribution is 2.49. The van der Waals surface area contributed by atoms with E-state index in [1.54, 1.807) is 0 Å². The minimum Gasteiger partial charge on any atom is -0.256 e. The van der Waals surface area contributed by atoms with Crippen molar-refractivity contribution in [3.63, 3.8) is 0 Å². The summed E-state index contributed by atoms with van der Waals surface area (Å²) >= 11 is 0. The van der Waals surface area contributed by atoms with Crippen molar-refractivity contribution >= 4 is 88.0 Å². The lowest BCUT2D eigenvalue weighted by atomic mass is 9.77. The van der Waals surface area contributed by atoms with Gasteiger partial charge in [0.25, 0.3) is 0 Å². The number of aryl methyl sites for hydroxylation is 2. The van der Waals surface area contributed by atoms with Gasteiger partial charge >= 0.3 is 0 Å². The van der Waals surface area contributed by atoms with Crippen LogP contribution in [0.15, 0.2) is 213 Å². The first-order valence-electron chi connectivity index (χ1n) is 26.4. The molecule has 2 aliphatic carbocycles. The molecular formula is C72H46N4. The van der Waals surface area contributed by atoms with Crippen LogP contribution in [-0.4, -0.2) is 19.9 Å². The molecule has 0 bridgehead atoms. The number of rotatable bonds is 6. The van der Waals surface area contributed by atoms with Gasteiger partial charge in [0, 0.05) is 62.3 Å². The number of aromatic nitrogens is 4. The van der Waals surface area contributed by atoms with Crippen LogP contribution in [0.5, 0.6) is 0 Å². The van der Waals surface area contributed by atoms with Crippen LogP contribution in [0.1, 0.15) is 40.2 Å². The molecule has 0 aliphatic heterocycles. The summed E-state index contributed by atoms with van der Waals surface area (Å²) in [6.45, 7) is 4.41. The SMILES string of the molecule is Cc1cc(-c2nc(-c3ccc(-c4cccc5cccnc45)c(C)c3)c3cc(-c4ccc5ccc6cccc7ccc4c5c67)cc(-c4ccc5ccc6c7c5c4C=CC7CC=C6)c3n2)ccc1-c1cccc2cccnc12. The minimum atomic E-state index is 0.346. The lowest BCUT2D eigenvalue weighted by Crippen LogP contribution is -2.07. The number of fused-ring (bicyclic) bond motifs is 3. The summed E-state index contributed by atoms with van der Waals surface area (Å²) in [5, 5.41) is 13.4. The van der Waals surface area contributed by atoms with Crippen LogP contribution in [0.25, 0.3) is 155 Å². The van der Waals surface area contributed by atoms with E-state index in [1.807, 2.05) is 24.5 Å². The van der Waals surface area contributed by atoms with E-state index in [4.69, 9.17) is 19.9 Å². The van der Waals surface area contributed by atoms with Gasteiger partial charge in [0.15, 0.2) is 5.82 Å². The van der Waals surface area contributed by atoms with Crippen molar-refractivity contribution in [3.8, 4) is 67.2 Å². The van der Waals surface area contributed by atoms with Gasteiger partial charge in [-0.3, -0.25) is 9.97 Å². The summed E-state index contributed by atoms with van der Waals surface area (Å²) in [4.78, 5) is 21.2. The average Bonchev–Trinajstić information content (AvgIpc) is 3.57. The second kappa shape index (κ2) is 16.4. The minimum absolute atomic E-state index is 0.346. The summed E-state index contributed by atoms with van der Waals surface area (Å²) in [7, 11) is 0. The summed E-state index contributed by atoms with van der Waals surface area (Å²) < 4.78 is 0. The van der Waals surface area contributed by atoms with Crippen molar-refractivity contribution in [2.24, 2.45) is 0 Å². The first kappa shape index (κ1) is 42.8. The molecule has 3 heterocycles. The van der Waals surface area contributed by atoms with Gasteiger partial charge < -0.3 is 0 Å². The number of pyridine rings is 2. The fourth-order valence-electron chi connectivity index (χ4n) is 13.1. The molecule has 0 saturated carbocycles. The Labute approximate surface area is 439 Å². The molecule has 0 radical (unpaired) electrons. The van der Waals surface area contributed by atoms with E-state index in [2.05, 4.69) is 214 Å². The molecular weight excluding hydrogens is 921 g/mol. The van der Waals surface area contributed by atoms with E-state index in [0.717, 1.165) is 106 Å². The maximum Gasteiger partial charge on any atom is 0.160 e. The Morgan fingerprint density at radius 1 is 0.395 bits per heavy atom. The summed E-state index contributed by atoms with van der Waals surface area (Å²) in [5.41, 5.74) is 21.1. The maximum absolute atomic E-state index is 5.78. The quantitative estimate of drug-likeness (QED) is 0.156. The smallest absolute Gasteiger partial charge is 0.160 e. The molecule has 11 aromatic carbocycles. The van der Waals surface area contributed by atoms with Gasteiger partial charge in [-0.2, -0.15) is 0 Å². The molecule has 14 aromatic rings. The molecule has 0 fully saturated rings. The van der Waals surface area contributed by atoms with Gasteiger partial charge in [-0.15, -0.1) is 0 Å². The van der Waals surface area contributed by atoms with Crippen LogP contribution in [-0.2, 0) is 0 Å². The van der Waals surface area contributed by atoms with Gasteiger partial charge in [0.1, 0.15) is 0 Å². The van der Waals surface area contributed by atoms with E-state index in [-0.39, 0.29) is 0 Å². The Kier molecular flexibility index (Phi) is 9.26. The van der Waals surface area contributed by atoms with Gasteiger partial charge in [-0.25, -0.2) is 9.97 Å². The monoisotopic (exact) mass is 966 g/mol. The molecule has 16 rings (SSSR count). The standard InChI is InChI=1S/C72H46N4/c1-41-37-51(27-29-54(41)60-17-5-13-49-15-7-35-73-68(49)60)70-63-40-53(56-31-23-47-21-19-43-9-3-11-45-25-33-58(56)66(47)64(43)45)39-62(57-32-24-48-22-20-44-10-4-12-46-26-34-59(57)67(48)65(44)46)71(63)76-72(75-70)52-28-30-55(42(2)38-52)61-18-6-14-50-16-8-36-74-69(50)61/h3-11,13-40,46H,12H2,1-2H3. The highest BCUT2D eigenvalue weighted by atomic mass is 14.9. The maximum atomic E-state index is 5.78. The van der Waals surface area contributed by atoms with Crippen LogP contribution < -0.4 is 0 Å². The predicted molar refractivity (Wildman–Crippen MR) is 319 cm³/mol. The molecule has 0 spiro atoms. The van der Waals surface area contributed by atoms with Crippen molar-refractivity contribution < 1.29 is 0 Å². The van der Waals surface area contributed by atoms with Gasteiger partial charge in [0.05, 0.1) is 22.2 Å². The lowest BCUT2D eigenvalue weighted by Gasteiger charge is -2.27. The molecule has 0 saturated heterocycles. The zero-order valence-corrected chi connectivity index (χ0v) is 41.9. The zero-order chi connectivity index (χ0) is 50.2. The van der Waals surface area contributed by atoms with Crippen LogP contribution in [0.2, 0.25) is 0 Å². The molecule has 1 unspecified atom stereocenters. The number of hydrogen-bond acceptors (Lipinski definition) is 4. The van der Waals surface area contributed by atoms with Crippen molar-refractivity contribution in [1.29, 1.82) is 0 Å². The van der Waals surface area contributed by atoms with Crippen molar-refractivity contribution in [3.05, 3.63) is 240 Å². The number of allylic oxidation sites excluding steroid dienone is 2. The number of hydrogen-bond donors (Lipinski definition) is 0. The van der Waals surface area contributed by atoms with Crippen molar-refractivity contribution in [1.82, 2.24) is 19.9 Å². The first-order chi connectivity index (χ1) is 37.5. The Hall–Kier alpha value is -9.64. The summed E-state index contributed by atoms with van der Waals surface area (Å²) in [5.74, 6) is 1.02. The topological polar surface area (TPSA) is 51.6 Å². The third kappa shape index (κ3) is 6.44. The molecule has 354 valence electrons. The highest BCUT2D eigenvalue weighted by molar-refractivity contribution is 6.26. The molecule has 4 heteroatoms. The van der Waals surface area contributed by atoms with E-state index < -0.39 is 0 Å². The fourth-order valence-corrected chi connectivity index (χ4v) is 13.1. The molecule has 1 atom stereocenters. The third-order valence-corrected chi connectivity index (χ3v) is 16.6. The summed E-state index contributed by atoms with van der Waals surface area (Å²) in [6.07, 6.45) is 14.2. The van der Waals surface area contributed by atoms with Crippen LogP contribution in [0, 0.1) is 13.8 Å². The van der Waals surface area contributed by atoms with E-state index in [1.165, 1.54) is 65.3 Å². The van der Waals surface area contributed by atoms with Crippen molar-refractivity contribution in [2.45, 2.75) is 26.2 Å². The average molecular weight is 967 g/mol. The van der Waals surface area contributed by atoms with Gasteiger partial charge in [0.2, 0.25) is 0 Å². The van der Waals surface area contributed by atoms with E-state index in [9.17, 15) is 0 Å². The molecule has 0 amide bonds. The molecule has 4 nitrogen and oxygen atoms in total. The Morgan fingerprint density at radius 2 is 0.987 bits per heavy atom. The molecule has 0 N–H and O–H groups in total. The van der Waals surface area contributed by atoms with Crippen LogP contribution >= 0.6 is 0 Å². The summed E-state index contributed by atoms with van der Waals surface area (Å²) in [6, 6.07) is 69.1. The van der Waals surface area contributed by atoms with Crippen LogP contribution in [0.3, 0.4) is 0 Å². The van der Waals surface area contributed by atoms with E-state index in [0.29, 0.717) is 11.7 Å². The van der Waals surface area contributed by atoms with Crippen molar-refractivity contribution in [2.75, 3.05) is 0 Å². The molecule has 76 heavy (non-hydrogen) atoms. The number of nitrogens with zero attached hydrogens (tertiary/aromatic N) is 4. The predicted octanol–water partition coefficient (Wildman–Crippen LogP) is 18.9. The second-order valence-corrected chi connectivity index (χ2v) is 20.9. The largest absolute Gasteiger partial charge is 0.256 e. The lowest BCUT2D eigenvalue weighted by molar-refractivity contribution is 0.861. The van der Waals surface area contributed by atoms with Gasteiger partial charge in [-0.1, -0.05) is 176 Å². The Morgan fingerprint density at radius 3 is 1.72 bits per heavy atom. The number of para-hydroxylation sites is 2. The third-order valence-electron chi connectivity index (χ3n) is 16.6. The van der Waals surface area contributed by atoms with Crippen LogP contribution in [0.4, 0.5) is 0 Å². The Balaban J connectivity index is 0.994. The highest BCUT2D eigenvalue weighted by Gasteiger charge is 2.27. The Bertz CT molecular complexity index is 4860. The zero-order valence-electron chi connectivity index (χ0n) is 41.9. The second-order valence-electron chi connectivity index (χ2n) is 20.9.